The van der Waals surface area contributed by atoms with Crippen molar-refractivity contribution in [1.82, 2.24) is 10.2 Å². The quantitative estimate of drug-likeness (QED) is 0.601. The zero-order valence-electron chi connectivity index (χ0n) is 16.6. The Hall–Kier alpha value is -3.88. The van der Waals surface area contributed by atoms with Crippen LogP contribution < -0.4 is 20.3 Å². The maximum absolute atomic E-state index is 12.9. The average molecular weight is 407 g/mol. The van der Waals surface area contributed by atoms with Crippen LogP contribution in [0, 0.1) is 5.92 Å². The van der Waals surface area contributed by atoms with E-state index in [1.807, 2.05) is 24.3 Å². The Morgan fingerprint density at radius 2 is 2.00 bits per heavy atom. The first kappa shape index (κ1) is 19.4. The van der Waals surface area contributed by atoms with E-state index in [4.69, 9.17) is 4.74 Å². The molecule has 0 saturated carbocycles. The van der Waals surface area contributed by atoms with Crippen molar-refractivity contribution < 1.29 is 19.1 Å². The minimum absolute atomic E-state index is 0.0840. The predicted octanol–water partition coefficient (Wildman–Crippen LogP) is 2.52. The van der Waals surface area contributed by atoms with E-state index < -0.39 is 5.92 Å². The van der Waals surface area contributed by atoms with Crippen LogP contribution in [0.4, 0.5) is 17.2 Å². The summed E-state index contributed by atoms with van der Waals surface area (Å²) in [7, 11) is 1.49. The van der Waals surface area contributed by atoms with Gasteiger partial charge in [-0.05, 0) is 30.3 Å². The molecule has 1 aromatic heterocycles. The predicted molar refractivity (Wildman–Crippen MR) is 112 cm³/mol. The highest BCUT2D eigenvalue weighted by Gasteiger charge is 2.37. The maximum Gasteiger partial charge on any atom is 0.229 e. The van der Waals surface area contributed by atoms with E-state index in [2.05, 4.69) is 20.8 Å². The summed E-state index contributed by atoms with van der Waals surface area (Å²) >= 11 is 0. The Morgan fingerprint density at radius 1 is 1.20 bits per heavy atom. The molecule has 1 unspecified atom stereocenters. The Morgan fingerprint density at radius 3 is 2.77 bits per heavy atom. The molecule has 0 aliphatic carbocycles. The van der Waals surface area contributed by atoms with Gasteiger partial charge in [0.05, 0.1) is 24.2 Å². The van der Waals surface area contributed by atoms with Crippen LogP contribution >= 0.6 is 0 Å². The number of hydrogen-bond donors (Lipinski definition) is 3. The third-order valence-corrected chi connectivity index (χ3v) is 4.98. The standard InChI is InChI=1S/C21H21N5O4/c1-12(27)22-14-7-8-18(30-2)17(10-14)23-21(29)13-9-19(28)26(11-13)20-15-5-3-4-6-16(15)24-25-20/h3-8,10,13H,9,11H2,1-2H3,(H,22,27)(H,23,29)(H,24,25). The summed E-state index contributed by atoms with van der Waals surface area (Å²) in [4.78, 5) is 38.3. The number of nitrogens with zero attached hydrogens (tertiary/aromatic N) is 2. The lowest BCUT2D eigenvalue weighted by atomic mass is 10.1. The lowest BCUT2D eigenvalue weighted by Gasteiger charge is -2.16. The van der Waals surface area contributed by atoms with Gasteiger partial charge in [0, 0.05) is 31.0 Å². The molecule has 3 amide bonds. The molecule has 1 aliphatic rings. The first-order valence-corrected chi connectivity index (χ1v) is 9.46. The smallest absolute Gasteiger partial charge is 0.229 e. The number of nitrogens with one attached hydrogen (secondary N) is 3. The second kappa shape index (κ2) is 7.86. The summed E-state index contributed by atoms with van der Waals surface area (Å²) in [5.41, 5.74) is 1.78. The molecule has 4 rings (SSSR count). The van der Waals surface area contributed by atoms with Gasteiger partial charge >= 0.3 is 0 Å². The Bertz CT molecular complexity index is 1140. The van der Waals surface area contributed by atoms with Gasteiger partial charge in [0.1, 0.15) is 5.75 Å². The second-order valence-corrected chi connectivity index (χ2v) is 7.08. The van der Waals surface area contributed by atoms with Crippen LogP contribution in [-0.4, -0.2) is 41.6 Å². The SMILES string of the molecule is COc1ccc(NC(C)=O)cc1NC(=O)C1CC(=O)N(c2n[nH]c3ccccc23)C1. The Labute approximate surface area is 172 Å². The van der Waals surface area contributed by atoms with E-state index in [-0.39, 0.29) is 30.7 Å². The molecule has 3 aromatic rings. The number of carbonyl (C=O) groups excluding carboxylic acids is 3. The van der Waals surface area contributed by atoms with Crippen molar-refractivity contribution in [3.05, 3.63) is 42.5 Å². The van der Waals surface area contributed by atoms with E-state index in [1.54, 1.807) is 18.2 Å². The number of aromatic nitrogens is 2. The molecular formula is C21H21N5O4. The monoisotopic (exact) mass is 407 g/mol. The first-order chi connectivity index (χ1) is 14.5. The largest absolute Gasteiger partial charge is 0.495 e. The van der Waals surface area contributed by atoms with Gasteiger partial charge in [0.2, 0.25) is 17.7 Å². The molecule has 0 radical (unpaired) electrons. The normalized spacial score (nSPS) is 16.0. The fourth-order valence-corrected chi connectivity index (χ4v) is 3.56. The third-order valence-electron chi connectivity index (χ3n) is 4.98. The molecule has 1 saturated heterocycles. The van der Waals surface area contributed by atoms with Crippen LogP contribution in [0.15, 0.2) is 42.5 Å². The van der Waals surface area contributed by atoms with E-state index in [9.17, 15) is 14.4 Å². The number of H-pyrrole nitrogens is 1. The van der Waals surface area contributed by atoms with E-state index in [0.29, 0.717) is 22.9 Å². The summed E-state index contributed by atoms with van der Waals surface area (Å²) in [6.45, 7) is 1.63. The number of amides is 3. The van der Waals surface area contributed by atoms with Crippen molar-refractivity contribution in [1.29, 1.82) is 0 Å². The molecule has 154 valence electrons. The average Bonchev–Trinajstić information content (AvgIpc) is 3.31. The Balaban J connectivity index is 1.52. The number of carbonyl (C=O) groups is 3. The number of hydrogen-bond acceptors (Lipinski definition) is 5. The van der Waals surface area contributed by atoms with Gasteiger partial charge < -0.3 is 15.4 Å². The van der Waals surface area contributed by atoms with Crippen molar-refractivity contribution in [2.24, 2.45) is 5.92 Å². The van der Waals surface area contributed by atoms with Gasteiger partial charge in [0.15, 0.2) is 5.82 Å². The van der Waals surface area contributed by atoms with Crippen LogP contribution in [0.5, 0.6) is 5.75 Å². The lowest BCUT2D eigenvalue weighted by molar-refractivity contribution is -0.122. The number of aromatic amines is 1. The number of anilines is 3. The fourth-order valence-electron chi connectivity index (χ4n) is 3.56. The van der Waals surface area contributed by atoms with Crippen LogP contribution in [0.2, 0.25) is 0 Å². The minimum Gasteiger partial charge on any atom is -0.495 e. The summed E-state index contributed by atoms with van der Waals surface area (Å²) in [6, 6.07) is 12.5. The molecule has 1 aliphatic heterocycles. The van der Waals surface area contributed by atoms with E-state index >= 15 is 0 Å². The van der Waals surface area contributed by atoms with Crippen LogP contribution in [0.3, 0.4) is 0 Å². The van der Waals surface area contributed by atoms with Crippen molar-refractivity contribution in [2.75, 3.05) is 29.2 Å². The minimum atomic E-state index is -0.540. The van der Waals surface area contributed by atoms with Crippen molar-refractivity contribution in [3.8, 4) is 5.75 Å². The van der Waals surface area contributed by atoms with Gasteiger partial charge in [-0.15, -0.1) is 0 Å². The van der Waals surface area contributed by atoms with Gasteiger partial charge in [-0.2, -0.15) is 5.10 Å². The fraction of sp³-hybridized carbons (Fsp3) is 0.238. The van der Waals surface area contributed by atoms with Crippen molar-refractivity contribution >= 4 is 45.8 Å². The van der Waals surface area contributed by atoms with Gasteiger partial charge in [-0.3, -0.25) is 24.4 Å². The summed E-state index contributed by atoms with van der Waals surface area (Å²) in [5, 5.41) is 13.5. The van der Waals surface area contributed by atoms with Crippen LogP contribution in [-0.2, 0) is 14.4 Å². The number of methoxy groups -OCH3 is 1. The molecular weight excluding hydrogens is 386 g/mol. The Kier molecular flexibility index (Phi) is 5.09. The third kappa shape index (κ3) is 3.69. The molecule has 3 N–H and O–H groups in total. The maximum atomic E-state index is 12.9. The van der Waals surface area contributed by atoms with Gasteiger partial charge in [0.25, 0.3) is 0 Å². The van der Waals surface area contributed by atoms with Crippen LogP contribution in [0.1, 0.15) is 13.3 Å². The number of rotatable bonds is 5. The summed E-state index contributed by atoms with van der Waals surface area (Å²) < 4.78 is 5.30. The molecule has 1 atom stereocenters. The molecule has 9 heteroatoms. The molecule has 2 aromatic carbocycles. The number of benzene rings is 2. The summed E-state index contributed by atoms with van der Waals surface area (Å²) in [5.74, 6) is -0.244. The first-order valence-electron chi connectivity index (χ1n) is 9.46. The molecule has 2 heterocycles. The molecule has 9 nitrogen and oxygen atoms in total. The highest BCUT2D eigenvalue weighted by Crippen LogP contribution is 2.32. The number of para-hydroxylation sites is 1. The zero-order valence-corrected chi connectivity index (χ0v) is 16.6. The lowest BCUT2D eigenvalue weighted by Crippen LogP contribution is -2.28. The molecule has 0 bridgehead atoms. The van der Waals surface area contributed by atoms with Gasteiger partial charge in [-0.1, -0.05) is 12.1 Å². The topological polar surface area (TPSA) is 116 Å². The number of fused-ring (bicyclic) bond motifs is 1. The second-order valence-electron chi connectivity index (χ2n) is 7.08. The van der Waals surface area contributed by atoms with Crippen molar-refractivity contribution in [3.63, 3.8) is 0 Å². The van der Waals surface area contributed by atoms with E-state index in [1.165, 1.54) is 18.9 Å². The van der Waals surface area contributed by atoms with Crippen LogP contribution in [0.25, 0.3) is 10.9 Å². The van der Waals surface area contributed by atoms with Gasteiger partial charge in [-0.25, -0.2) is 0 Å². The highest BCUT2D eigenvalue weighted by atomic mass is 16.5. The number of ether oxygens (including phenoxy) is 1. The van der Waals surface area contributed by atoms with E-state index in [0.717, 1.165) is 10.9 Å². The summed E-state index contributed by atoms with van der Waals surface area (Å²) in [6.07, 6.45) is 0.0840. The zero-order chi connectivity index (χ0) is 21.3. The van der Waals surface area contributed by atoms with Crippen molar-refractivity contribution in [2.45, 2.75) is 13.3 Å². The molecule has 1 fully saturated rings. The highest BCUT2D eigenvalue weighted by molar-refractivity contribution is 6.07. The molecule has 30 heavy (non-hydrogen) atoms. The molecule has 0 spiro atoms.